The fraction of sp³-hybridized carbons (Fsp3) is 0.130. The van der Waals surface area contributed by atoms with Crippen molar-refractivity contribution in [3.63, 3.8) is 0 Å². The van der Waals surface area contributed by atoms with E-state index in [0.717, 1.165) is 5.56 Å². The van der Waals surface area contributed by atoms with Crippen LogP contribution in [0, 0.1) is 17.0 Å². The second-order valence-electron chi connectivity index (χ2n) is 7.12. The van der Waals surface area contributed by atoms with Crippen LogP contribution in [-0.4, -0.2) is 32.1 Å². The molecule has 0 bridgehead atoms. The summed E-state index contributed by atoms with van der Waals surface area (Å²) in [7, 11) is -4.12. The molecular formula is C23H20BrN3O7S. The van der Waals surface area contributed by atoms with Crippen molar-refractivity contribution in [3.8, 4) is 11.5 Å². The summed E-state index contributed by atoms with van der Waals surface area (Å²) in [5, 5.41) is 14.6. The van der Waals surface area contributed by atoms with Crippen LogP contribution in [0.15, 0.2) is 75.1 Å². The predicted molar refractivity (Wildman–Crippen MR) is 132 cm³/mol. The van der Waals surface area contributed by atoms with Gasteiger partial charge in [-0.2, -0.15) is 13.5 Å². The summed E-state index contributed by atoms with van der Waals surface area (Å²) >= 11 is 3.31. The minimum absolute atomic E-state index is 0.00274. The van der Waals surface area contributed by atoms with Gasteiger partial charge in [0.15, 0.2) is 11.5 Å². The van der Waals surface area contributed by atoms with Crippen molar-refractivity contribution in [2.24, 2.45) is 5.10 Å². The summed E-state index contributed by atoms with van der Waals surface area (Å²) < 4.78 is 36.7. The maximum absolute atomic E-state index is 12.7. The van der Waals surface area contributed by atoms with E-state index in [-0.39, 0.29) is 34.3 Å². The van der Waals surface area contributed by atoms with Gasteiger partial charge in [0.25, 0.3) is 11.6 Å². The van der Waals surface area contributed by atoms with E-state index in [1.165, 1.54) is 48.7 Å². The smallest absolute Gasteiger partial charge is 0.339 e. The average molecular weight is 562 g/mol. The topological polar surface area (TPSA) is 137 Å². The van der Waals surface area contributed by atoms with E-state index in [2.05, 4.69) is 26.5 Å². The molecule has 10 nitrogen and oxygen atoms in total. The van der Waals surface area contributed by atoms with E-state index < -0.39 is 20.9 Å². The van der Waals surface area contributed by atoms with Crippen LogP contribution in [0.4, 0.5) is 5.69 Å². The minimum atomic E-state index is -4.12. The van der Waals surface area contributed by atoms with E-state index in [1.807, 2.05) is 6.92 Å². The number of aryl methyl sites for hydroxylation is 1. The van der Waals surface area contributed by atoms with Gasteiger partial charge < -0.3 is 8.92 Å². The van der Waals surface area contributed by atoms with Gasteiger partial charge in [-0.25, -0.2) is 5.43 Å². The molecule has 1 N–H and O–H groups in total. The average Bonchev–Trinajstić information content (AvgIpc) is 2.81. The molecule has 0 aliphatic heterocycles. The zero-order chi connectivity index (χ0) is 25.6. The zero-order valence-corrected chi connectivity index (χ0v) is 21.0. The Balaban J connectivity index is 1.79. The molecule has 3 aromatic carbocycles. The Labute approximate surface area is 210 Å². The molecule has 0 fully saturated rings. The largest absolute Gasteiger partial charge is 0.490 e. The van der Waals surface area contributed by atoms with E-state index in [4.69, 9.17) is 8.92 Å². The van der Waals surface area contributed by atoms with E-state index in [9.17, 15) is 23.3 Å². The van der Waals surface area contributed by atoms with E-state index in [1.54, 1.807) is 25.1 Å². The highest BCUT2D eigenvalue weighted by Crippen LogP contribution is 2.38. The highest BCUT2D eigenvalue weighted by molar-refractivity contribution is 9.10. The summed E-state index contributed by atoms with van der Waals surface area (Å²) in [6.07, 6.45) is 1.33. The van der Waals surface area contributed by atoms with Crippen molar-refractivity contribution in [1.29, 1.82) is 0 Å². The van der Waals surface area contributed by atoms with Crippen molar-refractivity contribution in [2.75, 3.05) is 6.61 Å². The SMILES string of the molecule is CCOc1cc(/C=N\NC(=O)c2ccc([N+](=O)[O-])cc2)cc(Br)c1OS(=O)(=O)c1ccc(C)cc1. The number of nitrogens with one attached hydrogen (secondary N) is 1. The van der Waals surface area contributed by atoms with Crippen LogP contribution in [0.25, 0.3) is 0 Å². The maximum atomic E-state index is 12.7. The number of halogens is 1. The van der Waals surface area contributed by atoms with Crippen LogP contribution in [0.5, 0.6) is 11.5 Å². The Morgan fingerprint density at radius 1 is 1.14 bits per heavy atom. The van der Waals surface area contributed by atoms with Crippen LogP contribution in [0.3, 0.4) is 0 Å². The lowest BCUT2D eigenvalue weighted by Crippen LogP contribution is -2.17. The number of hydrogen-bond acceptors (Lipinski definition) is 8. The Hall–Kier alpha value is -3.77. The summed E-state index contributed by atoms with van der Waals surface area (Å²) in [6.45, 7) is 3.82. The number of rotatable bonds is 9. The third kappa shape index (κ3) is 6.64. The number of hydrogen-bond donors (Lipinski definition) is 1. The van der Waals surface area contributed by atoms with Gasteiger partial charge in [-0.1, -0.05) is 17.7 Å². The lowest BCUT2D eigenvalue weighted by Gasteiger charge is -2.14. The summed E-state index contributed by atoms with van der Waals surface area (Å²) in [5.74, 6) is -0.440. The summed E-state index contributed by atoms with van der Waals surface area (Å²) in [5.41, 5.74) is 3.76. The van der Waals surface area contributed by atoms with Crippen LogP contribution in [-0.2, 0) is 10.1 Å². The van der Waals surface area contributed by atoms with E-state index >= 15 is 0 Å². The van der Waals surface area contributed by atoms with Gasteiger partial charge in [-0.3, -0.25) is 14.9 Å². The molecule has 35 heavy (non-hydrogen) atoms. The Morgan fingerprint density at radius 3 is 2.40 bits per heavy atom. The Morgan fingerprint density at radius 2 is 1.80 bits per heavy atom. The van der Waals surface area contributed by atoms with Crippen molar-refractivity contribution in [1.82, 2.24) is 5.43 Å². The van der Waals surface area contributed by atoms with Crippen LogP contribution in [0.2, 0.25) is 0 Å². The number of amides is 1. The van der Waals surface area contributed by atoms with Crippen LogP contribution < -0.4 is 14.3 Å². The second-order valence-corrected chi connectivity index (χ2v) is 9.52. The normalized spacial score (nSPS) is 11.3. The van der Waals surface area contributed by atoms with Crippen molar-refractivity contribution in [2.45, 2.75) is 18.7 Å². The van der Waals surface area contributed by atoms with Gasteiger partial charge >= 0.3 is 10.1 Å². The maximum Gasteiger partial charge on any atom is 0.339 e. The van der Waals surface area contributed by atoms with Crippen molar-refractivity contribution >= 4 is 43.9 Å². The number of carbonyl (C=O) groups is 1. The lowest BCUT2D eigenvalue weighted by atomic mass is 10.2. The summed E-state index contributed by atoms with van der Waals surface area (Å²) in [4.78, 5) is 22.4. The number of hydrazone groups is 1. The first-order valence-electron chi connectivity index (χ1n) is 10.2. The highest BCUT2D eigenvalue weighted by atomic mass is 79.9. The zero-order valence-electron chi connectivity index (χ0n) is 18.6. The molecule has 0 radical (unpaired) electrons. The van der Waals surface area contributed by atoms with Gasteiger partial charge in [0, 0.05) is 17.7 Å². The molecule has 0 aliphatic carbocycles. The molecule has 0 aliphatic rings. The predicted octanol–water partition coefficient (Wildman–Crippen LogP) is 4.60. The molecule has 1 amide bonds. The van der Waals surface area contributed by atoms with Gasteiger partial charge in [0.2, 0.25) is 0 Å². The first kappa shape index (κ1) is 25.8. The summed E-state index contributed by atoms with van der Waals surface area (Å²) in [6, 6.07) is 14.3. The number of benzene rings is 3. The molecule has 12 heteroatoms. The molecule has 0 saturated heterocycles. The van der Waals surface area contributed by atoms with Crippen LogP contribution in [0.1, 0.15) is 28.4 Å². The molecular weight excluding hydrogens is 542 g/mol. The minimum Gasteiger partial charge on any atom is -0.490 e. The van der Waals surface area contributed by atoms with Gasteiger partial charge in [-0.05, 0) is 71.7 Å². The molecule has 0 atom stereocenters. The number of nitro groups is 1. The molecule has 0 spiro atoms. The lowest BCUT2D eigenvalue weighted by molar-refractivity contribution is -0.384. The fourth-order valence-corrected chi connectivity index (χ4v) is 4.44. The van der Waals surface area contributed by atoms with Gasteiger partial charge in [0.1, 0.15) is 4.90 Å². The third-order valence-electron chi connectivity index (χ3n) is 4.55. The molecule has 0 aromatic heterocycles. The highest BCUT2D eigenvalue weighted by Gasteiger charge is 2.22. The quantitative estimate of drug-likeness (QED) is 0.174. The van der Waals surface area contributed by atoms with Crippen molar-refractivity contribution < 1.29 is 27.1 Å². The first-order valence-corrected chi connectivity index (χ1v) is 12.4. The second kappa shape index (κ2) is 11.1. The monoisotopic (exact) mass is 561 g/mol. The standard InChI is InChI=1S/C23H20BrN3O7S/c1-3-33-21-13-16(14-25-26-23(28)17-6-8-18(9-7-17)27(29)30)12-20(24)22(21)34-35(31,32)19-10-4-15(2)5-11-19/h4-14H,3H2,1-2H3,(H,26,28)/b25-14-. The fourth-order valence-electron chi connectivity index (χ4n) is 2.83. The number of non-ortho nitro benzene ring substituents is 1. The Bertz CT molecular complexity index is 1370. The van der Waals surface area contributed by atoms with E-state index in [0.29, 0.717) is 10.0 Å². The number of ether oxygens (including phenoxy) is 1. The number of carbonyl (C=O) groups excluding carboxylic acids is 1. The molecule has 0 unspecified atom stereocenters. The van der Waals surface area contributed by atoms with Crippen molar-refractivity contribution in [3.05, 3.63) is 91.9 Å². The molecule has 3 rings (SSSR count). The van der Waals surface area contributed by atoms with Gasteiger partial charge in [-0.15, -0.1) is 0 Å². The Kier molecular flexibility index (Phi) is 8.20. The van der Waals surface area contributed by atoms with Crippen LogP contribution >= 0.6 is 15.9 Å². The number of nitrogens with zero attached hydrogens (tertiary/aromatic N) is 2. The first-order chi connectivity index (χ1) is 16.6. The molecule has 0 heterocycles. The molecule has 182 valence electrons. The number of nitro benzene ring substituents is 1. The van der Waals surface area contributed by atoms with Gasteiger partial charge in [0.05, 0.1) is 22.2 Å². The third-order valence-corrected chi connectivity index (χ3v) is 6.38. The molecule has 3 aromatic rings. The molecule has 0 saturated carbocycles.